The quantitative estimate of drug-likeness (QED) is 0.844. The molecule has 1 aliphatic heterocycles. The molecule has 1 heterocycles. The molecule has 1 aromatic rings. The van der Waals surface area contributed by atoms with Crippen LogP contribution in [0, 0.1) is 11.8 Å². The third kappa shape index (κ3) is 4.41. The Bertz CT molecular complexity index is 736. The van der Waals surface area contributed by atoms with Crippen molar-refractivity contribution >= 4 is 27.5 Å². The summed E-state index contributed by atoms with van der Waals surface area (Å²) >= 11 is 5.86. The van der Waals surface area contributed by atoms with Crippen molar-refractivity contribution in [2.24, 2.45) is 11.8 Å². The molecule has 26 heavy (non-hydrogen) atoms. The number of nitrogens with zero attached hydrogens (tertiary/aromatic N) is 1. The summed E-state index contributed by atoms with van der Waals surface area (Å²) in [6.45, 7) is 2.88. The maximum absolute atomic E-state index is 12.9. The van der Waals surface area contributed by atoms with Crippen LogP contribution in [0.15, 0.2) is 29.2 Å². The van der Waals surface area contributed by atoms with Crippen molar-refractivity contribution < 1.29 is 13.2 Å². The largest absolute Gasteiger partial charge is 0.353 e. The highest BCUT2D eigenvalue weighted by molar-refractivity contribution is 7.89. The van der Waals surface area contributed by atoms with E-state index >= 15 is 0 Å². The molecule has 0 bridgehead atoms. The van der Waals surface area contributed by atoms with Crippen molar-refractivity contribution in [1.82, 2.24) is 9.62 Å². The second kappa shape index (κ2) is 8.28. The first-order chi connectivity index (χ1) is 12.4. The number of hydrogen-bond donors (Lipinski definition) is 1. The average molecular weight is 399 g/mol. The average Bonchev–Trinajstić information content (AvgIpc) is 2.64. The molecule has 0 radical (unpaired) electrons. The normalized spacial score (nSPS) is 27.8. The van der Waals surface area contributed by atoms with Gasteiger partial charge in [0, 0.05) is 24.2 Å². The number of carbonyl (C=O) groups is 1. The van der Waals surface area contributed by atoms with Crippen molar-refractivity contribution in [2.45, 2.75) is 56.4 Å². The van der Waals surface area contributed by atoms with Gasteiger partial charge in [-0.05, 0) is 55.9 Å². The van der Waals surface area contributed by atoms with Gasteiger partial charge in [-0.3, -0.25) is 4.79 Å². The Labute approximate surface area is 161 Å². The van der Waals surface area contributed by atoms with Crippen LogP contribution in [-0.4, -0.2) is 37.8 Å². The van der Waals surface area contributed by atoms with Gasteiger partial charge in [0.1, 0.15) is 0 Å². The van der Waals surface area contributed by atoms with Gasteiger partial charge in [0.15, 0.2) is 0 Å². The van der Waals surface area contributed by atoms with Crippen molar-refractivity contribution in [1.29, 1.82) is 0 Å². The summed E-state index contributed by atoms with van der Waals surface area (Å²) in [5, 5.41) is 3.68. The summed E-state index contributed by atoms with van der Waals surface area (Å²) in [6, 6.07) is 6.41. The van der Waals surface area contributed by atoms with Crippen LogP contribution >= 0.6 is 11.6 Å². The first-order valence-corrected chi connectivity index (χ1v) is 11.3. The van der Waals surface area contributed by atoms with Gasteiger partial charge in [0.05, 0.1) is 10.8 Å². The zero-order valence-corrected chi connectivity index (χ0v) is 16.7. The predicted octanol–water partition coefficient (Wildman–Crippen LogP) is 3.44. The monoisotopic (exact) mass is 398 g/mol. The van der Waals surface area contributed by atoms with E-state index in [1.54, 1.807) is 12.1 Å². The minimum Gasteiger partial charge on any atom is -0.353 e. The van der Waals surface area contributed by atoms with E-state index in [4.69, 9.17) is 11.6 Å². The number of hydrogen-bond acceptors (Lipinski definition) is 3. The second-order valence-electron chi connectivity index (χ2n) is 7.53. The summed E-state index contributed by atoms with van der Waals surface area (Å²) in [4.78, 5) is 12.9. The number of piperidine rings is 1. The maximum Gasteiger partial charge on any atom is 0.243 e. The van der Waals surface area contributed by atoms with Gasteiger partial charge in [-0.2, -0.15) is 4.31 Å². The van der Waals surface area contributed by atoms with Crippen LogP contribution in [0.25, 0.3) is 0 Å². The molecule has 1 saturated carbocycles. The van der Waals surface area contributed by atoms with Gasteiger partial charge in [0.2, 0.25) is 15.9 Å². The molecule has 0 spiro atoms. The SMILES string of the molecule is C[C@H]1CCCC[C@@H]1NC(=O)[C@@H]1CCCN(S(=O)(=O)c2ccc(Cl)cc2)C1. The lowest BCUT2D eigenvalue weighted by atomic mass is 9.85. The molecule has 2 aliphatic rings. The summed E-state index contributed by atoms with van der Waals surface area (Å²) < 4.78 is 27.2. The first-order valence-electron chi connectivity index (χ1n) is 9.44. The van der Waals surface area contributed by atoms with Crippen LogP contribution in [-0.2, 0) is 14.8 Å². The fourth-order valence-corrected chi connectivity index (χ4v) is 5.61. The summed E-state index contributed by atoms with van der Waals surface area (Å²) in [5.74, 6) is 0.213. The molecule has 1 N–H and O–H groups in total. The fourth-order valence-electron chi connectivity index (χ4n) is 3.96. The highest BCUT2D eigenvalue weighted by Gasteiger charge is 2.34. The van der Waals surface area contributed by atoms with Gasteiger partial charge >= 0.3 is 0 Å². The number of nitrogens with one attached hydrogen (secondary N) is 1. The van der Waals surface area contributed by atoms with Gasteiger partial charge < -0.3 is 5.32 Å². The molecule has 2 fully saturated rings. The van der Waals surface area contributed by atoms with Gasteiger partial charge in [-0.1, -0.05) is 31.4 Å². The molecule has 0 aromatic heterocycles. The minimum absolute atomic E-state index is 0.000226. The molecule has 1 saturated heterocycles. The van der Waals surface area contributed by atoms with Crippen LogP contribution in [0.2, 0.25) is 5.02 Å². The molecule has 0 unspecified atom stereocenters. The minimum atomic E-state index is -3.59. The van der Waals surface area contributed by atoms with E-state index in [9.17, 15) is 13.2 Å². The van der Waals surface area contributed by atoms with E-state index in [1.165, 1.54) is 22.9 Å². The second-order valence-corrected chi connectivity index (χ2v) is 9.91. The Balaban J connectivity index is 1.66. The van der Waals surface area contributed by atoms with Crippen LogP contribution in [0.4, 0.5) is 0 Å². The zero-order chi connectivity index (χ0) is 18.7. The molecule has 3 rings (SSSR count). The molecule has 3 atom stereocenters. The van der Waals surface area contributed by atoms with E-state index in [1.807, 2.05) is 0 Å². The zero-order valence-electron chi connectivity index (χ0n) is 15.2. The lowest BCUT2D eigenvalue weighted by Crippen LogP contribution is -2.49. The molecule has 7 heteroatoms. The molecule has 1 amide bonds. The summed E-state index contributed by atoms with van der Waals surface area (Å²) in [5.41, 5.74) is 0. The topological polar surface area (TPSA) is 66.5 Å². The smallest absolute Gasteiger partial charge is 0.243 e. The highest BCUT2D eigenvalue weighted by Crippen LogP contribution is 2.27. The Hall–Kier alpha value is -1.11. The van der Waals surface area contributed by atoms with Crippen molar-refractivity contribution in [3.05, 3.63) is 29.3 Å². The van der Waals surface area contributed by atoms with E-state index in [0.717, 1.165) is 25.7 Å². The van der Waals surface area contributed by atoms with Crippen molar-refractivity contribution in [3.63, 3.8) is 0 Å². The Morgan fingerprint density at radius 1 is 1.12 bits per heavy atom. The van der Waals surface area contributed by atoms with Crippen LogP contribution in [0.5, 0.6) is 0 Å². The molecular weight excluding hydrogens is 372 g/mol. The van der Waals surface area contributed by atoms with E-state index < -0.39 is 10.0 Å². The van der Waals surface area contributed by atoms with E-state index in [-0.39, 0.29) is 29.3 Å². The number of amides is 1. The fraction of sp³-hybridized carbons (Fsp3) is 0.632. The molecule has 1 aromatic carbocycles. The van der Waals surface area contributed by atoms with Gasteiger partial charge in [-0.15, -0.1) is 0 Å². The number of sulfonamides is 1. The highest BCUT2D eigenvalue weighted by atomic mass is 35.5. The molecule has 1 aliphatic carbocycles. The predicted molar refractivity (Wildman–Crippen MR) is 102 cm³/mol. The Morgan fingerprint density at radius 2 is 1.81 bits per heavy atom. The van der Waals surface area contributed by atoms with Crippen LogP contribution < -0.4 is 5.32 Å². The van der Waals surface area contributed by atoms with E-state index in [0.29, 0.717) is 23.9 Å². The number of benzene rings is 1. The maximum atomic E-state index is 12.9. The van der Waals surface area contributed by atoms with Crippen molar-refractivity contribution in [2.75, 3.05) is 13.1 Å². The lowest BCUT2D eigenvalue weighted by molar-refractivity contribution is -0.127. The Morgan fingerprint density at radius 3 is 2.50 bits per heavy atom. The summed E-state index contributed by atoms with van der Waals surface area (Å²) in [6.07, 6.45) is 5.98. The van der Waals surface area contributed by atoms with Gasteiger partial charge in [0.25, 0.3) is 0 Å². The third-order valence-corrected chi connectivity index (χ3v) is 7.78. The van der Waals surface area contributed by atoms with Crippen molar-refractivity contribution in [3.8, 4) is 0 Å². The molecule has 5 nitrogen and oxygen atoms in total. The van der Waals surface area contributed by atoms with Crippen LogP contribution in [0.3, 0.4) is 0 Å². The standard InChI is InChI=1S/C19H27ClN2O3S/c1-14-5-2-3-7-18(14)21-19(23)15-6-4-12-22(13-15)26(24,25)17-10-8-16(20)9-11-17/h8-11,14-15,18H,2-7,12-13H2,1H3,(H,21,23)/t14-,15+,18-/m0/s1. The summed E-state index contributed by atoms with van der Waals surface area (Å²) in [7, 11) is -3.59. The van der Waals surface area contributed by atoms with E-state index in [2.05, 4.69) is 12.2 Å². The Kier molecular flexibility index (Phi) is 6.25. The molecular formula is C19H27ClN2O3S. The number of rotatable bonds is 4. The lowest BCUT2D eigenvalue weighted by Gasteiger charge is -2.34. The van der Waals surface area contributed by atoms with Crippen LogP contribution in [0.1, 0.15) is 45.4 Å². The molecule has 144 valence electrons. The first kappa shape index (κ1) is 19.6. The van der Waals surface area contributed by atoms with Gasteiger partial charge in [-0.25, -0.2) is 8.42 Å². The number of halogens is 1. The number of carbonyl (C=O) groups excluding carboxylic acids is 1. The third-order valence-electron chi connectivity index (χ3n) is 5.65.